The number of fused-ring (bicyclic) bond motifs is 1. The third-order valence-electron chi connectivity index (χ3n) is 2.87. The molecule has 0 atom stereocenters. The molecule has 0 saturated carbocycles. The fraction of sp³-hybridized carbons (Fsp3) is 0.700. The van der Waals surface area contributed by atoms with E-state index in [0.717, 1.165) is 19.0 Å². The summed E-state index contributed by atoms with van der Waals surface area (Å²) in [6.07, 6.45) is 1.85. The van der Waals surface area contributed by atoms with Crippen molar-refractivity contribution in [2.45, 2.75) is 26.3 Å². The summed E-state index contributed by atoms with van der Waals surface area (Å²) in [5.41, 5.74) is 4.44. The lowest BCUT2D eigenvalue weighted by atomic mass is 10.1. The van der Waals surface area contributed by atoms with E-state index in [1.807, 2.05) is 13.4 Å². The summed E-state index contributed by atoms with van der Waals surface area (Å²) in [4.78, 5) is 4.59. The van der Waals surface area contributed by atoms with Crippen LogP contribution in [0.1, 0.15) is 20.8 Å². The molecule has 5 nitrogen and oxygen atoms in total. The fourth-order valence-corrected chi connectivity index (χ4v) is 1.80. The molecule has 0 aromatic heterocycles. The van der Waals surface area contributed by atoms with Gasteiger partial charge in [-0.1, -0.05) is 0 Å². The van der Waals surface area contributed by atoms with Crippen LogP contribution >= 0.6 is 0 Å². The van der Waals surface area contributed by atoms with Gasteiger partial charge in [0.2, 0.25) is 0 Å². The van der Waals surface area contributed by atoms with E-state index in [0.29, 0.717) is 0 Å². The molecule has 2 N–H and O–H groups in total. The van der Waals surface area contributed by atoms with Gasteiger partial charge in [0.1, 0.15) is 12.2 Å². The standard InChI is InChI=1S/C10H19N5/c1-10(2,3)15-5-8-9(11-4)13-12-6-14(8)7-15/h6,11,13H,5,7H2,1-4H3. The van der Waals surface area contributed by atoms with Crippen LogP contribution in [0.5, 0.6) is 0 Å². The number of hydrogen-bond donors (Lipinski definition) is 2. The third kappa shape index (κ3) is 1.79. The minimum atomic E-state index is 0.191. The number of rotatable bonds is 1. The van der Waals surface area contributed by atoms with Gasteiger partial charge in [-0.25, -0.2) is 0 Å². The molecular weight excluding hydrogens is 190 g/mol. The molecule has 1 saturated heterocycles. The van der Waals surface area contributed by atoms with E-state index >= 15 is 0 Å². The Kier molecular flexibility index (Phi) is 2.34. The van der Waals surface area contributed by atoms with Crippen LogP contribution in [0.15, 0.2) is 16.6 Å². The highest BCUT2D eigenvalue weighted by Gasteiger charge is 2.33. The van der Waals surface area contributed by atoms with E-state index in [1.54, 1.807) is 0 Å². The van der Waals surface area contributed by atoms with Crippen molar-refractivity contribution in [2.75, 3.05) is 20.3 Å². The van der Waals surface area contributed by atoms with Crippen molar-refractivity contribution in [3.63, 3.8) is 0 Å². The van der Waals surface area contributed by atoms with E-state index in [1.165, 1.54) is 5.70 Å². The van der Waals surface area contributed by atoms with Gasteiger partial charge in [-0.2, -0.15) is 5.10 Å². The lowest BCUT2D eigenvalue weighted by molar-refractivity contribution is 0.159. The van der Waals surface area contributed by atoms with Crippen LogP contribution in [-0.2, 0) is 0 Å². The molecule has 0 aromatic carbocycles. The molecule has 0 unspecified atom stereocenters. The largest absolute Gasteiger partial charge is 0.372 e. The SMILES string of the molecule is CNC1=C2CN(C(C)(C)C)CN2C=NN1. The zero-order valence-electron chi connectivity index (χ0n) is 9.83. The minimum absolute atomic E-state index is 0.191. The van der Waals surface area contributed by atoms with Gasteiger partial charge in [0.25, 0.3) is 0 Å². The first-order valence-electron chi connectivity index (χ1n) is 5.24. The monoisotopic (exact) mass is 209 g/mol. The zero-order valence-corrected chi connectivity index (χ0v) is 9.83. The van der Waals surface area contributed by atoms with Gasteiger partial charge in [0.05, 0.1) is 12.4 Å². The summed E-state index contributed by atoms with van der Waals surface area (Å²) in [6.45, 7) is 8.56. The Morgan fingerprint density at radius 3 is 2.80 bits per heavy atom. The smallest absolute Gasteiger partial charge is 0.141 e. The Bertz CT molecular complexity index is 312. The second-order valence-electron chi connectivity index (χ2n) is 4.91. The molecule has 15 heavy (non-hydrogen) atoms. The summed E-state index contributed by atoms with van der Waals surface area (Å²) in [6, 6.07) is 0. The van der Waals surface area contributed by atoms with E-state index < -0.39 is 0 Å². The summed E-state index contributed by atoms with van der Waals surface area (Å²) in [5, 5.41) is 7.23. The van der Waals surface area contributed by atoms with Crippen molar-refractivity contribution in [2.24, 2.45) is 5.10 Å². The van der Waals surface area contributed by atoms with Crippen LogP contribution in [0, 0.1) is 0 Å². The van der Waals surface area contributed by atoms with Crippen molar-refractivity contribution in [3.05, 3.63) is 11.5 Å². The predicted octanol–water partition coefficient (Wildman–Crippen LogP) is 0.295. The maximum absolute atomic E-state index is 4.09. The minimum Gasteiger partial charge on any atom is -0.372 e. The average molecular weight is 209 g/mol. The lowest BCUT2D eigenvalue weighted by Crippen LogP contribution is -2.40. The summed E-state index contributed by atoms with van der Waals surface area (Å²) in [5.74, 6) is 1.00. The summed E-state index contributed by atoms with van der Waals surface area (Å²) < 4.78 is 0. The zero-order chi connectivity index (χ0) is 11.1. The molecule has 2 aliphatic rings. The highest BCUT2D eigenvalue weighted by Crippen LogP contribution is 2.25. The molecular formula is C10H19N5. The average Bonchev–Trinajstić information content (AvgIpc) is 2.59. The first-order chi connectivity index (χ1) is 7.02. The first-order valence-corrected chi connectivity index (χ1v) is 5.24. The highest BCUT2D eigenvalue weighted by atomic mass is 15.5. The normalized spacial score (nSPS) is 21.7. The number of hydrazone groups is 1. The number of nitrogens with one attached hydrogen (secondary N) is 2. The Morgan fingerprint density at radius 1 is 1.47 bits per heavy atom. The first kappa shape index (κ1) is 10.3. The van der Waals surface area contributed by atoms with Crippen LogP contribution in [0.25, 0.3) is 0 Å². The lowest BCUT2D eigenvalue weighted by Gasteiger charge is -2.30. The molecule has 0 spiro atoms. The summed E-state index contributed by atoms with van der Waals surface area (Å²) >= 11 is 0. The van der Waals surface area contributed by atoms with E-state index in [4.69, 9.17) is 0 Å². The van der Waals surface area contributed by atoms with Gasteiger partial charge in [-0.15, -0.1) is 0 Å². The van der Waals surface area contributed by atoms with Gasteiger partial charge in [-0.3, -0.25) is 10.3 Å². The van der Waals surface area contributed by atoms with Crippen molar-refractivity contribution >= 4 is 6.34 Å². The molecule has 2 aliphatic heterocycles. The summed E-state index contributed by atoms with van der Waals surface area (Å²) in [7, 11) is 1.91. The highest BCUT2D eigenvalue weighted by molar-refractivity contribution is 5.60. The molecule has 1 fully saturated rings. The van der Waals surface area contributed by atoms with Gasteiger partial charge in [0, 0.05) is 19.1 Å². The van der Waals surface area contributed by atoms with Crippen molar-refractivity contribution in [1.29, 1.82) is 0 Å². The molecule has 2 heterocycles. The van der Waals surface area contributed by atoms with Gasteiger partial charge in [-0.05, 0) is 20.8 Å². The number of nitrogens with zero attached hydrogens (tertiary/aromatic N) is 3. The van der Waals surface area contributed by atoms with Crippen LogP contribution in [0.3, 0.4) is 0 Å². The van der Waals surface area contributed by atoms with Crippen LogP contribution in [0.4, 0.5) is 0 Å². The van der Waals surface area contributed by atoms with Crippen molar-refractivity contribution < 1.29 is 0 Å². The molecule has 84 valence electrons. The molecule has 5 heteroatoms. The third-order valence-corrected chi connectivity index (χ3v) is 2.87. The maximum Gasteiger partial charge on any atom is 0.141 e. The van der Waals surface area contributed by atoms with Crippen LogP contribution < -0.4 is 10.7 Å². The van der Waals surface area contributed by atoms with E-state index in [9.17, 15) is 0 Å². The Balaban J connectivity index is 2.21. The topological polar surface area (TPSA) is 42.9 Å². The van der Waals surface area contributed by atoms with Crippen LogP contribution in [-0.4, -0.2) is 41.9 Å². The fourth-order valence-electron chi connectivity index (χ4n) is 1.80. The second kappa shape index (κ2) is 3.41. The molecule has 0 bridgehead atoms. The van der Waals surface area contributed by atoms with Crippen molar-refractivity contribution in [3.8, 4) is 0 Å². The Morgan fingerprint density at radius 2 is 2.20 bits per heavy atom. The van der Waals surface area contributed by atoms with E-state index in [-0.39, 0.29) is 5.54 Å². The molecule has 0 radical (unpaired) electrons. The predicted molar refractivity (Wildman–Crippen MR) is 60.9 cm³/mol. The van der Waals surface area contributed by atoms with Gasteiger partial charge < -0.3 is 10.2 Å². The molecule has 0 aliphatic carbocycles. The quantitative estimate of drug-likeness (QED) is 0.651. The van der Waals surface area contributed by atoms with Gasteiger partial charge >= 0.3 is 0 Å². The van der Waals surface area contributed by atoms with E-state index in [2.05, 4.69) is 46.4 Å². The van der Waals surface area contributed by atoms with Gasteiger partial charge in [0.15, 0.2) is 0 Å². The molecule has 0 aromatic rings. The Hall–Kier alpha value is -1.23. The van der Waals surface area contributed by atoms with Crippen LogP contribution in [0.2, 0.25) is 0 Å². The maximum atomic E-state index is 4.09. The molecule has 2 rings (SSSR count). The number of hydrogen-bond acceptors (Lipinski definition) is 5. The molecule has 0 amide bonds. The Labute approximate surface area is 90.8 Å². The van der Waals surface area contributed by atoms with Crippen molar-refractivity contribution in [1.82, 2.24) is 20.5 Å². The second-order valence-corrected chi connectivity index (χ2v) is 4.91.